The van der Waals surface area contributed by atoms with E-state index in [0.29, 0.717) is 6.10 Å². The predicted octanol–water partition coefficient (Wildman–Crippen LogP) is 4.58. The predicted molar refractivity (Wildman–Crippen MR) is 124 cm³/mol. The summed E-state index contributed by atoms with van der Waals surface area (Å²) in [6.07, 6.45) is 14.4. The molecule has 1 saturated carbocycles. The summed E-state index contributed by atoms with van der Waals surface area (Å²) in [6.45, 7) is 5.09. The number of piperidine rings is 1. The molecule has 0 amide bonds. The standard InChI is InChI=1S/C17H27N3O.C7H7FO2S/c1-14-11-19-17(12-18-14)20-9-7-15(8-10-20)13-21-16-5-3-2-4-6-16;1-11(9,10)7-4-2-3-6(8)5-7/h11-12,15-16H,2-10,13H2,1H3;2-5H,1H3. The van der Waals surface area contributed by atoms with E-state index >= 15 is 0 Å². The molecule has 2 fully saturated rings. The van der Waals surface area contributed by atoms with Crippen molar-refractivity contribution in [3.8, 4) is 0 Å². The van der Waals surface area contributed by atoms with Crippen LogP contribution in [-0.4, -0.2) is 50.4 Å². The maximum atomic E-state index is 12.4. The number of hydrogen-bond acceptors (Lipinski definition) is 6. The van der Waals surface area contributed by atoms with Crippen LogP contribution in [0.2, 0.25) is 0 Å². The highest BCUT2D eigenvalue weighted by Gasteiger charge is 2.22. The quantitative estimate of drug-likeness (QED) is 0.646. The van der Waals surface area contributed by atoms with Crippen LogP contribution >= 0.6 is 0 Å². The molecule has 1 aromatic heterocycles. The zero-order chi connectivity index (χ0) is 23.0. The number of halogens is 1. The van der Waals surface area contributed by atoms with Crippen molar-refractivity contribution in [3.05, 3.63) is 48.2 Å². The van der Waals surface area contributed by atoms with Gasteiger partial charge in [0.05, 0.1) is 29.1 Å². The van der Waals surface area contributed by atoms with Gasteiger partial charge >= 0.3 is 0 Å². The molecule has 1 saturated heterocycles. The molecule has 0 bridgehead atoms. The number of anilines is 1. The van der Waals surface area contributed by atoms with E-state index in [0.717, 1.165) is 49.4 Å². The van der Waals surface area contributed by atoms with Gasteiger partial charge in [0.15, 0.2) is 9.84 Å². The van der Waals surface area contributed by atoms with Gasteiger partial charge in [0.2, 0.25) is 0 Å². The van der Waals surface area contributed by atoms with Gasteiger partial charge in [0, 0.05) is 26.0 Å². The van der Waals surface area contributed by atoms with Gasteiger partial charge in [-0.1, -0.05) is 25.3 Å². The normalized spacial score (nSPS) is 18.2. The molecule has 8 heteroatoms. The lowest BCUT2D eigenvalue weighted by molar-refractivity contribution is 0.00357. The van der Waals surface area contributed by atoms with Crippen LogP contribution in [-0.2, 0) is 14.6 Å². The van der Waals surface area contributed by atoms with Crippen molar-refractivity contribution in [3.63, 3.8) is 0 Å². The third-order valence-corrected chi connectivity index (χ3v) is 7.16. The lowest BCUT2D eigenvalue weighted by Gasteiger charge is -2.33. The number of benzene rings is 1. The van der Waals surface area contributed by atoms with Crippen molar-refractivity contribution in [2.75, 3.05) is 30.9 Å². The largest absolute Gasteiger partial charge is 0.378 e. The van der Waals surface area contributed by atoms with Gasteiger partial charge in [-0.05, 0) is 56.7 Å². The van der Waals surface area contributed by atoms with Crippen molar-refractivity contribution in [1.82, 2.24) is 9.97 Å². The number of aryl methyl sites for hydroxylation is 1. The Bertz CT molecular complexity index is 939. The number of ether oxygens (including phenoxy) is 1. The lowest BCUT2D eigenvalue weighted by atomic mass is 9.96. The minimum absolute atomic E-state index is 0.0116. The first-order chi connectivity index (χ1) is 15.3. The number of hydrogen-bond donors (Lipinski definition) is 0. The third-order valence-electron chi connectivity index (χ3n) is 6.05. The molecular formula is C24H34FN3O3S. The summed E-state index contributed by atoms with van der Waals surface area (Å²) >= 11 is 0. The summed E-state index contributed by atoms with van der Waals surface area (Å²) in [5.41, 5.74) is 0.981. The number of rotatable bonds is 5. The van der Waals surface area contributed by atoms with Gasteiger partial charge in [-0.3, -0.25) is 4.98 Å². The molecule has 2 aromatic rings. The zero-order valence-corrected chi connectivity index (χ0v) is 19.9. The SMILES string of the molecule is CS(=O)(=O)c1cccc(F)c1.Cc1cnc(N2CCC(COC3CCCCC3)CC2)cn1. The number of aromatic nitrogens is 2. The minimum atomic E-state index is -3.27. The molecule has 0 spiro atoms. The first kappa shape index (κ1) is 24.6. The second-order valence-electron chi connectivity index (χ2n) is 8.77. The highest BCUT2D eigenvalue weighted by atomic mass is 32.2. The van der Waals surface area contributed by atoms with Crippen LogP contribution in [0.5, 0.6) is 0 Å². The van der Waals surface area contributed by atoms with E-state index in [-0.39, 0.29) is 4.90 Å². The average Bonchev–Trinajstić information content (AvgIpc) is 2.79. The fourth-order valence-electron chi connectivity index (χ4n) is 4.08. The lowest BCUT2D eigenvalue weighted by Crippen LogP contribution is -2.36. The van der Waals surface area contributed by atoms with Crippen molar-refractivity contribution < 1.29 is 17.5 Å². The van der Waals surface area contributed by atoms with Gasteiger partial charge in [0.25, 0.3) is 0 Å². The Labute approximate surface area is 191 Å². The average molecular weight is 464 g/mol. The summed E-state index contributed by atoms with van der Waals surface area (Å²) in [7, 11) is -3.27. The fourth-order valence-corrected chi connectivity index (χ4v) is 4.73. The van der Waals surface area contributed by atoms with Crippen molar-refractivity contribution in [2.45, 2.75) is 62.9 Å². The van der Waals surface area contributed by atoms with Crippen LogP contribution < -0.4 is 4.90 Å². The van der Waals surface area contributed by atoms with E-state index in [1.807, 2.05) is 19.3 Å². The maximum Gasteiger partial charge on any atom is 0.175 e. The number of sulfone groups is 1. The Hall–Kier alpha value is -2.06. The molecule has 2 aliphatic rings. The van der Waals surface area contributed by atoms with E-state index in [2.05, 4.69) is 14.9 Å². The van der Waals surface area contributed by atoms with Gasteiger partial charge in [-0.15, -0.1) is 0 Å². The Kier molecular flexibility index (Phi) is 8.99. The number of nitrogens with zero attached hydrogens (tertiary/aromatic N) is 3. The monoisotopic (exact) mass is 463 g/mol. The Morgan fingerprint density at radius 2 is 1.78 bits per heavy atom. The Morgan fingerprint density at radius 1 is 1.06 bits per heavy atom. The van der Waals surface area contributed by atoms with Crippen LogP contribution in [0.4, 0.5) is 10.2 Å². The van der Waals surface area contributed by atoms with Gasteiger partial charge in [-0.25, -0.2) is 17.8 Å². The van der Waals surface area contributed by atoms with Crippen LogP contribution in [0.15, 0.2) is 41.6 Å². The van der Waals surface area contributed by atoms with E-state index in [1.54, 1.807) is 0 Å². The molecule has 1 aliphatic heterocycles. The second kappa shape index (κ2) is 11.7. The molecule has 2 heterocycles. The minimum Gasteiger partial charge on any atom is -0.378 e. The first-order valence-corrected chi connectivity index (χ1v) is 13.3. The summed E-state index contributed by atoms with van der Waals surface area (Å²) < 4.78 is 40.2. The first-order valence-electron chi connectivity index (χ1n) is 11.4. The Balaban J connectivity index is 0.000000222. The molecule has 32 heavy (non-hydrogen) atoms. The van der Waals surface area contributed by atoms with Crippen molar-refractivity contribution >= 4 is 15.7 Å². The maximum absolute atomic E-state index is 12.4. The van der Waals surface area contributed by atoms with E-state index in [4.69, 9.17) is 4.74 Å². The van der Waals surface area contributed by atoms with Crippen molar-refractivity contribution in [1.29, 1.82) is 0 Å². The zero-order valence-electron chi connectivity index (χ0n) is 19.0. The highest BCUT2D eigenvalue weighted by molar-refractivity contribution is 7.90. The molecule has 176 valence electrons. The smallest absolute Gasteiger partial charge is 0.175 e. The highest BCUT2D eigenvalue weighted by Crippen LogP contribution is 2.25. The molecule has 1 aromatic carbocycles. The molecule has 4 rings (SSSR count). The summed E-state index contributed by atoms with van der Waals surface area (Å²) in [4.78, 5) is 11.2. The van der Waals surface area contributed by atoms with Gasteiger partial charge in [-0.2, -0.15) is 0 Å². The van der Waals surface area contributed by atoms with E-state index in [1.165, 1.54) is 63.1 Å². The van der Waals surface area contributed by atoms with Crippen LogP contribution in [0.3, 0.4) is 0 Å². The topological polar surface area (TPSA) is 72.4 Å². The molecule has 6 nitrogen and oxygen atoms in total. The molecule has 0 radical (unpaired) electrons. The molecular weight excluding hydrogens is 429 g/mol. The van der Waals surface area contributed by atoms with Crippen LogP contribution in [0, 0.1) is 18.7 Å². The molecule has 0 N–H and O–H groups in total. The van der Waals surface area contributed by atoms with Crippen LogP contribution in [0.1, 0.15) is 50.6 Å². The van der Waals surface area contributed by atoms with Crippen molar-refractivity contribution in [2.24, 2.45) is 5.92 Å². The van der Waals surface area contributed by atoms with E-state index < -0.39 is 15.7 Å². The molecule has 0 atom stereocenters. The van der Waals surface area contributed by atoms with E-state index in [9.17, 15) is 12.8 Å². The third kappa shape index (κ3) is 7.81. The Morgan fingerprint density at radius 3 is 2.34 bits per heavy atom. The van der Waals surface area contributed by atoms with Gasteiger partial charge in [0.1, 0.15) is 11.6 Å². The summed E-state index contributed by atoms with van der Waals surface area (Å²) in [5, 5.41) is 0. The summed E-state index contributed by atoms with van der Waals surface area (Å²) in [5.74, 6) is 1.21. The van der Waals surface area contributed by atoms with Gasteiger partial charge < -0.3 is 9.64 Å². The van der Waals surface area contributed by atoms with Crippen LogP contribution in [0.25, 0.3) is 0 Å². The molecule has 0 unspecified atom stereocenters. The fraction of sp³-hybridized carbons (Fsp3) is 0.583. The summed E-state index contributed by atoms with van der Waals surface area (Å²) in [6, 6.07) is 4.92. The second-order valence-corrected chi connectivity index (χ2v) is 10.8. The molecule has 1 aliphatic carbocycles.